The van der Waals surface area contributed by atoms with E-state index in [0.717, 1.165) is 11.1 Å². The largest absolute Gasteiger partial charge is 0.497 e. The van der Waals surface area contributed by atoms with Gasteiger partial charge >= 0.3 is 6.03 Å². The minimum Gasteiger partial charge on any atom is -0.497 e. The summed E-state index contributed by atoms with van der Waals surface area (Å²) in [7, 11) is 3.08. The summed E-state index contributed by atoms with van der Waals surface area (Å²) in [6.07, 6.45) is 0. The van der Waals surface area contributed by atoms with Gasteiger partial charge in [0.15, 0.2) is 6.73 Å². The summed E-state index contributed by atoms with van der Waals surface area (Å²) in [5, 5.41) is 6.03. The first-order valence-electron chi connectivity index (χ1n) is 7.61. The van der Waals surface area contributed by atoms with Gasteiger partial charge in [0.1, 0.15) is 17.2 Å². The van der Waals surface area contributed by atoms with Gasteiger partial charge in [0.2, 0.25) is 0 Å². The molecule has 0 fully saturated rings. The molecule has 2 amide bonds. The molecule has 0 aliphatic rings. The van der Waals surface area contributed by atoms with Crippen molar-refractivity contribution in [3.63, 3.8) is 0 Å². The first kappa shape index (κ1) is 18.7. The van der Waals surface area contributed by atoms with Gasteiger partial charge in [0, 0.05) is 11.1 Å². The molecule has 0 unspecified atom stereocenters. The van der Waals surface area contributed by atoms with E-state index in [-0.39, 0.29) is 6.73 Å². The topological polar surface area (TPSA) is 68.8 Å². The van der Waals surface area contributed by atoms with Crippen molar-refractivity contribution in [1.29, 1.82) is 0 Å². The molecule has 0 atom stereocenters. The van der Waals surface area contributed by atoms with Gasteiger partial charge in [0.05, 0.1) is 19.9 Å². The molecule has 2 aromatic carbocycles. The summed E-state index contributed by atoms with van der Waals surface area (Å²) < 4.78 is 15.9. The van der Waals surface area contributed by atoms with Gasteiger partial charge < -0.3 is 24.8 Å². The number of methoxy groups -OCH3 is 2. The highest BCUT2D eigenvalue weighted by atomic mass is 35.5. The van der Waals surface area contributed by atoms with Crippen LogP contribution in [0.15, 0.2) is 30.3 Å². The van der Waals surface area contributed by atoms with Gasteiger partial charge in [0.25, 0.3) is 0 Å². The molecule has 0 saturated carbocycles. The average Bonchev–Trinajstić information content (AvgIpc) is 2.59. The molecule has 0 spiro atoms. The zero-order chi connectivity index (χ0) is 18.4. The smallest absolute Gasteiger partial charge is 0.321 e. The molecule has 0 saturated heterocycles. The molecule has 25 heavy (non-hydrogen) atoms. The van der Waals surface area contributed by atoms with E-state index in [0.29, 0.717) is 28.0 Å². The van der Waals surface area contributed by atoms with Crippen LogP contribution < -0.4 is 24.8 Å². The number of benzene rings is 2. The Balaban J connectivity index is 1.93. The van der Waals surface area contributed by atoms with E-state index in [1.807, 2.05) is 26.0 Å². The van der Waals surface area contributed by atoms with Gasteiger partial charge in [-0.25, -0.2) is 4.79 Å². The van der Waals surface area contributed by atoms with Crippen LogP contribution >= 0.6 is 11.6 Å². The van der Waals surface area contributed by atoms with Gasteiger partial charge in [-0.15, -0.1) is 0 Å². The minimum atomic E-state index is -0.422. The lowest BCUT2D eigenvalue weighted by Gasteiger charge is -2.13. The van der Waals surface area contributed by atoms with Crippen molar-refractivity contribution in [2.24, 2.45) is 0 Å². The van der Waals surface area contributed by atoms with Crippen LogP contribution in [0.2, 0.25) is 5.02 Å². The van der Waals surface area contributed by atoms with Crippen LogP contribution in [0.1, 0.15) is 11.1 Å². The molecule has 0 aromatic heterocycles. The molecule has 0 bridgehead atoms. The number of urea groups is 1. The first-order chi connectivity index (χ1) is 11.9. The summed E-state index contributed by atoms with van der Waals surface area (Å²) in [5.74, 6) is 1.78. The minimum absolute atomic E-state index is 0.0125. The lowest BCUT2D eigenvalue weighted by Crippen LogP contribution is -2.32. The second kappa shape index (κ2) is 8.48. The van der Waals surface area contributed by atoms with Crippen molar-refractivity contribution in [3.8, 4) is 17.2 Å². The van der Waals surface area contributed by atoms with Crippen molar-refractivity contribution in [2.45, 2.75) is 13.8 Å². The normalized spacial score (nSPS) is 10.1. The summed E-state index contributed by atoms with van der Waals surface area (Å²) >= 11 is 6.12. The number of anilines is 1. The molecule has 134 valence electrons. The highest BCUT2D eigenvalue weighted by Crippen LogP contribution is 2.29. The summed E-state index contributed by atoms with van der Waals surface area (Å²) in [4.78, 5) is 12.0. The number of carbonyl (C=O) groups excluding carboxylic acids is 1. The Bertz CT molecular complexity index is 742. The van der Waals surface area contributed by atoms with Crippen molar-refractivity contribution in [3.05, 3.63) is 46.5 Å². The Morgan fingerprint density at radius 1 is 1.04 bits per heavy atom. The second-order valence-electron chi connectivity index (χ2n) is 5.36. The average molecular weight is 365 g/mol. The lowest BCUT2D eigenvalue weighted by molar-refractivity contribution is 0.234. The van der Waals surface area contributed by atoms with E-state index in [2.05, 4.69) is 10.6 Å². The number of amides is 2. The highest BCUT2D eigenvalue weighted by Gasteiger charge is 2.09. The van der Waals surface area contributed by atoms with E-state index in [4.69, 9.17) is 25.8 Å². The van der Waals surface area contributed by atoms with Gasteiger partial charge in [-0.05, 0) is 49.2 Å². The van der Waals surface area contributed by atoms with Crippen LogP contribution in [0.4, 0.5) is 10.5 Å². The molecule has 2 N–H and O–H groups in total. The van der Waals surface area contributed by atoms with Crippen LogP contribution in [0.5, 0.6) is 17.2 Å². The Morgan fingerprint density at radius 3 is 2.32 bits per heavy atom. The van der Waals surface area contributed by atoms with Crippen LogP contribution in [-0.4, -0.2) is 27.0 Å². The monoisotopic (exact) mass is 364 g/mol. The SMILES string of the molecule is COc1ccc(OC)c(NC(=O)NCOc2cc(C)c(Cl)c(C)c2)c1. The Hall–Kier alpha value is -2.60. The fourth-order valence-corrected chi connectivity index (χ4v) is 2.36. The Kier molecular flexibility index (Phi) is 6.36. The van der Waals surface area contributed by atoms with Crippen molar-refractivity contribution < 1.29 is 19.0 Å². The molecular weight excluding hydrogens is 344 g/mol. The van der Waals surface area contributed by atoms with Crippen LogP contribution in [-0.2, 0) is 0 Å². The number of nitrogens with one attached hydrogen (secondary N) is 2. The number of hydrogen-bond acceptors (Lipinski definition) is 4. The fourth-order valence-electron chi connectivity index (χ4n) is 2.25. The van der Waals surface area contributed by atoms with E-state index in [1.54, 1.807) is 25.3 Å². The number of halogens is 1. The van der Waals surface area contributed by atoms with Crippen LogP contribution in [0, 0.1) is 13.8 Å². The lowest BCUT2D eigenvalue weighted by atomic mass is 10.1. The Morgan fingerprint density at radius 2 is 1.72 bits per heavy atom. The number of ether oxygens (including phenoxy) is 3. The third kappa shape index (κ3) is 4.93. The van der Waals surface area contributed by atoms with Gasteiger partial charge in [-0.1, -0.05) is 11.6 Å². The molecular formula is C18H21ClN2O4. The molecule has 6 nitrogen and oxygen atoms in total. The predicted molar refractivity (Wildman–Crippen MR) is 98.1 cm³/mol. The van der Waals surface area contributed by atoms with E-state index < -0.39 is 6.03 Å². The molecule has 2 rings (SSSR count). The number of hydrogen-bond donors (Lipinski definition) is 2. The first-order valence-corrected chi connectivity index (χ1v) is 7.98. The second-order valence-corrected chi connectivity index (χ2v) is 5.73. The maximum atomic E-state index is 12.0. The van der Waals surface area contributed by atoms with Crippen molar-refractivity contribution in [1.82, 2.24) is 5.32 Å². The zero-order valence-corrected chi connectivity index (χ0v) is 15.4. The molecule has 0 heterocycles. The van der Waals surface area contributed by atoms with Gasteiger partial charge in [-0.2, -0.15) is 0 Å². The molecule has 0 aliphatic carbocycles. The highest BCUT2D eigenvalue weighted by molar-refractivity contribution is 6.32. The molecule has 7 heteroatoms. The summed E-state index contributed by atoms with van der Waals surface area (Å²) in [5.41, 5.74) is 2.34. The van der Waals surface area contributed by atoms with Crippen LogP contribution in [0.3, 0.4) is 0 Å². The fraction of sp³-hybridized carbons (Fsp3) is 0.278. The predicted octanol–water partition coefficient (Wildman–Crippen LogP) is 4.13. The maximum absolute atomic E-state index is 12.0. The third-order valence-corrected chi connectivity index (χ3v) is 4.13. The van der Waals surface area contributed by atoms with E-state index in [9.17, 15) is 4.79 Å². The number of aryl methyl sites for hydroxylation is 2. The maximum Gasteiger partial charge on any atom is 0.321 e. The van der Waals surface area contributed by atoms with E-state index in [1.165, 1.54) is 7.11 Å². The molecule has 0 aliphatic heterocycles. The number of rotatable bonds is 6. The molecule has 0 radical (unpaired) electrons. The van der Waals surface area contributed by atoms with Crippen molar-refractivity contribution >= 4 is 23.3 Å². The quantitative estimate of drug-likeness (QED) is 0.756. The number of carbonyl (C=O) groups is 1. The summed E-state index contributed by atoms with van der Waals surface area (Å²) in [6, 6.07) is 8.35. The molecule has 2 aromatic rings. The standard InChI is InChI=1S/C18H21ClN2O4/c1-11-7-14(8-12(2)17(11)19)25-10-20-18(22)21-15-9-13(23-3)5-6-16(15)24-4/h5-9H,10H2,1-4H3,(H2,20,21,22). The van der Waals surface area contributed by atoms with E-state index >= 15 is 0 Å². The third-order valence-electron chi connectivity index (χ3n) is 3.54. The Labute approximate surface area is 152 Å². The summed E-state index contributed by atoms with van der Waals surface area (Å²) in [6.45, 7) is 3.81. The van der Waals surface area contributed by atoms with Crippen LogP contribution in [0.25, 0.3) is 0 Å². The van der Waals surface area contributed by atoms with Crippen molar-refractivity contribution in [2.75, 3.05) is 26.3 Å². The van der Waals surface area contributed by atoms with Gasteiger partial charge in [-0.3, -0.25) is 0 Å². The zero-order valence-electron chi connectivity index (χ0n) is 14.6.